The average Bonchev–Trinajstić information content (AvgIpc) is 2.81. The third kappa shape index (κ3) is 3.06. The molecule has 0 unspecified atom stereocenters. The second-order valence-corrected chi connectivity index (χ2v) is 5.29. The first kappa shape index (κ1) is 12.5. The number of likely N-dealkylation sites (N-methyl/N-ethyl adjacent to an activating group) is 1. The van der Waals surface area contributed by atoms with Crippen LogP contribution in [0.1, 0.15) is 23.2 Å². The lowest BCUT2D eigenvalue weighted by Gasteiger charge is -2.35. The molecule has 1 fully saturated rings. The van der Waals surface area contributed by atoms with Gasteiger partial charge in [-0.25, -0.2) is 0 Å². The summed E-state index contributed by atoms with van der Waals surface area (Å²) in [5, 5.41) is 14.0. The largest absolute Gasteiger partial charge is 0.388 e. The molecule has 5 heteroatoms. The summed E-state index contributed by atoms with van der Waals surface area (Å²) in [4.78, 5) is 13.6. The van der Waals surface area contributed by atoms with Gasteiger partial charge >= 0.3 is 0 Å². The Morgan fingerprint density at radius 1 is 1.59 bits per heavy atom. The highest BCUT2D eigenvalue weighted by atomic mass is 32.1. The number of carbonyl (C=O) groups excluding carboxylic acids is 1. The van der Waals surface area contributed by atoms with E-state index in [1.54, 1.807) is 18.0 Å². The SMILES string of the molecule is CN(CC1(O)CCOCC1)C(=O)c1ccsc1. The molecular weight excluding hydrogens is 238 g/mol. The van der Waals surface area contributed by atoms with Crippen LogP contribution >= 0.6 is 11.3 Å². The molecule has 4 nitrogen and oxygen atoms in total. The normalized spacial score (nSPS) is 18.9. The maximum atomic E-state index is 12.0. The summed E-state index contributed by atoms with van der Waals surface area (Å²) in [6.07, 6.45) is 1.18. The second kappa shape index (κ2) is 5.16. The molecule has 2 heterocycles. The average molecular weight is 255 g/mol. The van der Waals surface area contributed by atoms with E-state index < -0.39 is 5.60 Å². The van der Waals surface area contributed by atoms with E-state index in [4.69, 9.17) is 4.74 Å². The maximum absolute atomic E-state index is 12.0. The molecule has 1 saturated heterocycles. The van der Waals surface area contributed by atoms with Crippen LogP contribution in [0.2, 0.25) is 0 Å². The number of thiophene rings is 1. The molecule has 0 aliphatic carbocycles. The number of ether oxygens (including phenoxy) is 1. The minimum Gasteiger partial charge on any atom is -0.388 e. The lowest BCUT2D eigenvalue weighted by atomic mass is 9.94. The van der Waals surface area contributed by atoms with E-state index in [1.807, 2.05) is 10.8 Å². The minimum atomic E-state index is -0.793. The first-order valence-electron chi connectivity index (χ1n) is 5.68. The van der Waals surface area contributed by atoms with Gasteiger partial charge in [0.05, 0.1) is 11.2 Å². The van der Waals surface area contributed by atoms with E-state index in [0.717, 1.165) is 0 Å². The van der Waals surface area contributed by atoms with Crippen molar-refractivity contribution in [2.24, 2.45) is 0 Å². The smallest absolute Gasteiger partial charge is 0.254 e. The topological polar surface area (TPSA) is 49.8 Å². The lowest BCUT2D eigenvalue weighted by Crippen LogP contribution is -2.47. The van der Waals surface area contributed by atoms with Gasteiger partial charge in [-0.3, -0.25) is 4.79 Å². The predicted molar refractivity (Wildman–Crippen MR) is 66.3 cm³/mol. The molecule has 1 aromatic heterocycles. The number of amides is 1. The van der Waals surface area contributed by atoms with Gasteiger partial charge in [0.15, 0.2) is 0 Å². The van der Waals surface area contributed by atoms with E-state index in [0.29, 0.717) is 38.2 Å². The first-order valence-corrected chi connectivity index (χ1v) is 6.63. The maximum Gasteiger partial charge on any atom is 0.254 e. The summed E-state index contributed by atoms with van der Waals surface area (Å²) in [6, 6.07) is 1.80. The number of hydrogen-bond acceptors (Lipinski definition) is 4. The van der Waals surface area contributed by atoms with E-state index in [-0.39, 0.29) is 5.91 Å². The molecule has 1 aliphatic rings. The summed E-state index contributed by atoms with van der Waals surface area (Å²) in [5.74, 6) is -0.0360. The van der Waals surface area contributed by atoms with Crippen LogP contribution in [0.25, 0.3) is 0 Å². The summed E-state index contributed by atoms with van der Waals surface area (Å²) >= 11 is 1.50. The van der Waals surface area contributed by atoms with Gasteiger partial charge in [0.25, 0.3) is 5.91 Å². The van der Waals surface area contributed by atoms with Crippen LogP contribution in [0, 0.1) is 0 Å². The van der Waals surface area contributed by atoms with Crippen molar-refractivity contribution in [1.29, 1.82) is 0 Å². The highest BCUT2D eigenvalue weighted by molar-refractivity contribution is 7.08. The van der Waals surface area contributed by atoms with Gasteiger partial charge in [0, 0.05) is 45.0 Å². The molecule has 0 radical (unpaired) electrons. The molecule has 0 aromatic carbocycles. The number of nitrogens with zero attached hydrogens (tertiary/aromatic N) is 1. The summed E-state index contributed by atoms with van der Waals surface area (Å²) in [6.45, 7) is 1.50. The molecule has 0 spiro atoms. The third-order valence-corrected chi connectivity index (χ3v) is 3.75. The Balaban J connectivity index is 1.96. The number of aliphatic hydroxyl groups is 1. The third-order valence-electron chi connectivity index (χ3n) is 3.07. The van der Waals surface area contributed by atoms with Crippen molar-refractivity contribution in [1.82, 2.24) is 4.90 Å². The lowest BCUT2D eigenvalue weighted by molar-refractivity contribution is -0.0734. The van der Waals surface area contributed by atoms with Crippen molar-refractivity contribution in [3.8, 4) is 0 Å². The van der Waals surface area contributed by atoms with Crippen molar-refractivity contribution in [2.45, 2.75) is 18.4 Å². The quantitative estimate of drug-likeness (QED) is 0.887. The Morgan fingerprint density at radius 2 is 2.29 bits per heavy atom. The number of carbonyl (C=O) groups is 1. The molecule has 2 rings (SSSR count). The number of rotatable bonds is 3. The van der Waals surface area contributed by atoms with Gasteiger partial charge < -0.3 is 14.7 Å². The Labute approximate surface area is 105 Å². The van der Waals surface area contributed by atoms with Gasteiger partial charge in [-0.05, 0) is 11.4 Å². The van der Waals surface area contributed by atoms with Crippen molar-refractivity contribution in [2.75, 3.05) is 26.8 Å². The van der Waals surface area contributed by atoms with Crippen molar-refractivity contribution >= 4 is 17.2 Å². The van der Waals surface area contributed by atoms with Crippen LogP contribution < -0.4 is 0 Å². The van der Waals surface area contributed by atoms with Crippen LogP contribution in [0.3, 0.4) is 0 Å². The van der Waals surface area contributed by atoms with Crippen LogP contribution in [-0.4, -0.2) is 48.3 Å². The zero-order chi connectivity index (χ0) is 12.3. The summed E-state index contributed by atoms with van der Waals surface area (Å²) in [7, 11) is 1.73. The highest BCUT2D eigenvalue weighted by Gasteiger charge is 2.32. The molecule has 1 aromatic rings. The molecular formula is C12H17NO3S. The minimum absolute atomic E-state index is 0.0360. The predicted octanol–water partition coefficient (Wildman–Crippen LogP) is 1.36. The fraction of sp³-hybridized carbons (Fsp3) is 0.583. The van der Waals surface area contributed by atoms with Crippen molar-refractivity contribution in [3.05, 3.63) is 22.4 Å². The summed E-state index contributed by atoms with van der Waals surface area (Å²) < 4.78 is 5.22. The van der Waals surface area contributed by atoms with Crippen LogP contribution in [-0.2, 0) is 4.74 Å². The zero-order valence-electron chi connectivity index (χ0n) is 9.89. The van der Waals surface area contributed by atoms with Gasteiger partial charge in [0.1, 0.15) is 0 Å². The fourth-order valence-electron chi connectivity index (χ4n) is 2.03. The Bertz CT molecular complexity index is 371. The molecule has 0 atom stereocenters. The summed E-state index contributed by atoms with van der Waals surface area (Å²) in [5.41, 5.74) is -0.105. The van der Waals surface area contributed by atoms with E-state index in [1.165, 1.54) is 11.3 Å². The molecule has 1 aliphatic heterocycles. The Hall–Kier alpha value is -0.910. The van der Waals surface area contributed by atoms with Crippen molar-refractivity contribution < 1.29 is 14.6 Å². The van der Waals surface area contributed by atoms with Crippen LogP contribution in [0.15, 0.2) is 16.8 Å². The molecule has 94 valence electrons. The standard InChI is InChI=1S/C12H17NO3S/c1-13(11(14)10-2-7-17-8-10)9-12(15)3-5-16-6-4-12/h2,7-8,15H,3-6,9H2,1H3. The molecule has 0 saturated carbocycles. The van der Waals surface area contributed by atoms with Gasteiger partial charge in [-0.15, -0.1) is 0 Å². The van der Waals surface area contributed by atoms with Crippen LogP contribution in [0.4, 0.5) is 0 Å². The number of hydrogen-bond donors (Lipinski definition) is 1. The molecule has 1 N–H and O–H groups in total. The molecule has 1 amide bonds. The van der Waals surface area contributed by atoms with Crippen LogP contribution in [0.5, 0.6) is 0 Å². The molecule has 17 heavy (non-hydrogen) atoms. The fourth-order valence-corrected chi connectivity index (χ4v) is 2.66. The highest BCUT2D eigenvalue weighted by Crippen LogP contribution is 2.22. The van der Waals surface area contributed by atoms with Gasteiger partial charge in [0.2, 0.25) is 0 Å². The first-order chi connectivity index (χ1) is 8.11. The van der Waals surface area contributed by atoms with Gasteiger partial charge in [-0.2, -0.15) is 11.3 Å². The van der Waals surface area contributed by atoms with E-state index >= 15 is 0 Å². The second-order valence-electron chi connectivity index (χ2n) is 4.51. The monoisotopic (exact) mass is 255 g/mol. The Morgan fingerprint density at radius 3 is 2.88 bits per heavy atom. The van der Waals surface area contributed by atoms with Crippen molar-refractivity contribution in [3.63, 3.8) is 0 Å². The van der Waals surface area contributed by atoms with E-state index in [9.17, 15) is 9.90 Å². The van der Waals surface area contributed by atoms with Gasteiger partial charge in [-0.1, -0.05) is 0 Å². The zero-order valence-corrected chi connectivity index (χ0v) is 10.7. The van der Waals surface area contributed by atoms with E-state index in [2.05, 4.69) is 0 Å². The molecule has 0 bridgehead atoms. The Kier molecular flexibility index (Phi) is 3.81.